The van der Waals surface area contributed by atoms with Crippen LogP contribution in [0.1, 0.15) is 32.8 Å². The van der Waals surface area contributed by atoms with E-state index >= 15 is 0 Å². The van der Waals surface area contributed by atoms with E-state index in [-0.39, 0.29) is 28.5 Å². The molecule has 1 nitrogen and oxygen atoms in total. The van der Waals surface area contributed by atoms with Crippen LogP contribution in [-0.2, 0) is 21.6 Å². The first-order valence-electron chi connectivity index (χ1n) is 7.82. The number of fused-ring (bicyclic) bond motifs is 1. The predicted octanol–water partition coefficient (Wildman–Crippen LogP) is -0.786. The molecule has 2 aromatic carbocycles. The van der Waals surface area contributed by atoms with Crippen LogP contribution < -0.4 is 28.7 Å². The van der Waals surface area contributed by atoms with Crippen molar-refractivity contribution in [2.24, 2.45) is 0 Å². The summed E-state index contributed by atoms with van der Waals surface area (Å²) in [6.07, 6.45) is 7.68. The molecular formula is C20H23Cl2OTi. The van der Waals surface area contributed by atoms with Gasteiger partial charge in [0.05, 0.1) is 0 Å². The maximum atomic E-state index is 6.13. The van der Waals surface area contributed by atoms with E-state index in [1.54, 1.807) is 0 Å². The van der Waals surface area contributed by atoms with Gasteiger partial charge in [-0.3, -0.25) is 0 Å². The summed E-state index contributed by atoms with van der Waals surface area (Å²) in [4.78, 5) is 0. The standard InChI is InChI=1S/C15H11.C4H9.CH3O.2ClH.Ti/c1-2-6-12(5-1)15-10-9-13-7-3-4-8-14(13)11-15;1-4(2)3;1-2;;;/h1-5,7-10H,6H2;1-3H3;1H3;2*1H;/q;;-1;;;+3/p-2. The third kappa shape index (κ3) is 4.15. The summed E-state index contributed by atoms with van der Waals surface area (Å²) in [5.41, 5.74) is 2.82. The molecule has 0 N–H and O–H groups in total. The van der Waals surface area contributed by atoms with E-state index in [1.807, 2.05) is 7.11 Å². The SMILES string of the molecule is C[O][Ti+2]([c]1c(C2=CC=CC2)ccc2ccccc12)[C](C)(C)C.[Cl-].[Cl-]. The fourth-order valence-corrected chi connectivity index (χ4v) is 7.16. The van der Waals surface area contributed by atoms with Gasteiger partial charge in [0.2, 0.25) is 0 Å². The van der Waals surface area contributed by atoms with Crippen molar-refractivity contribution in [3.8, 4) is 0 Å². The quantitative estimate of drug-likeness (QED) is 0.617. The summed E-state index contributed by atoms with van der Waals surface area (Å²) >= 11 is -1.90. The van der Waals surface area contributed by atoms with Crippen LogP contribution in [0.25, 0.3) is 16.3 Å². The van der Waals surface area contributed by atoms with Crippen LogP contribution in [-0.4, -0.2) is 7.11 Å². The zero-order valence-corrected chi connectivity index (χ0v) is 17.6. The molecule has 0 aromatic heterocycles. The molecule has 3 rings (SSSR count). The first-order valence-corrected chi connectivity index (χ1v) is 10.0. The molecule has 0 fully saturated rings. The van der Waals surface area contributed by atoms with E-state index < -0.39 is 18.3 Å². The van der Waals surface area contributed by atoms with Crippen LogP contribution in [0.15, 0.2) is 54.6 Å². The van der Waals surface area contributed by atoms with Gasteiger partial charge in [-0.1, -0.05) is 0 Å². The van der Waals surface area contributed by atoms with Crippen LogP contribution in [0.3, 0.4) is 0 Å². The molecule has 1 aliphatic rings. The molecule has 0 aliphatic heterocycles. The van der Waals surface area contributed by atoms with Gasteiger partial charge in [-0.05, 0) is 0 Å². The van der Waals surface area contributed by atoms with Crippen LogP contribution in [0.2, 0.25) is 3.72 Å². The Hall–Kier alpha value is -0.566. The largest absolute Gasteiger partial charge is 1.00 e. The van der Waals surface area contributed by atoms with Crippen molar-refractivity contribution < 1.29 is 46.4 Å². The van der Waals surface area contributed by atoms with Gasteiger partial charge >= 0.3 is 140 Å². The van der Waals surface area contributed by atoms with Gasteiger partial charge in [0.25, 0.3) is 0 Å². The molecule has 0 spiro atoms. The van der Waals surface area contributed by atoms with Crippen LogP contribution in [0, 0.1) is 0 Å². The number of rotatable bonds is 3. The summed E-state index contributed by atoms with van der Waals surface area (Å²) in [5, 5.41) is 2.69. The fraction of sp³-hybridized carbons (Fsp3) is 0.300. The first-order chi connectivity index (χ1) is 10.5. The normalized spacial score (nSPS) is 13.2. The molecule has 0 unspecified atom stereocenters. The van der Waals surface area contributed by atoms with Gasteiger partial charge in [0.15, 0.2) is 0 Å². The van der Waals surface area contributed by atoms with Crippen molar-refractivity contribution in [1.82, 2.24) is 0 Å². The second-order valence-electron chi connectivity index (χ2n) is 6.82. The van der Waals surface area contributed by atoms with Crippen molar-refractivity contribution in [3.05, 3.63) is 60.2 Å². The molecule has 2 aromatic rings. The Morgan fingerprint density at radius 3 is 2.29 bits per heavy atom. The minimum Gasteiger partial charge on any atom is -1.00 e. The Labute approximate surface area is 164 Å². The molecule has 24 heavy (non-hydrogen) atoms. The van der Waals surface area contributed by atoms with Crippen molar-refractivity contribution >= 4 is 20.2 Å². The minimum absolute atomic E-state index is 0. The summed E-state index contributed by atoms with van der Waals surface area (Å²) in [6, 6.07) is 13.3. The summed E-state index contributed by atoms with van der Waals surface area (Å²) in [6.45, 7) is 6.95. The Bertz CT molecular complexity index is 760. The molecule has 0 bridgehead atoms. The second-order valence-corrected chi connectivity index (χ2v) is 11.6. The third-order valence-corrected chi connectivity index (χ3v) is 8.47. The van der Waals surface area contributed by atoms with Crippen molar-refractivity contribution in [2.45, 2.75) is 30.9 Å². The molecule has 1 aliphatic carbocycles. The average molecular weight is 398 g/mol. The van der Waals surface area contributed by atoms with Gasteiger partial charge in [0.1, 0.15) is 0 Å². The van der Waals surface area contributed by atoms with E-state index in [2.05, 4.69) is 75.4 Å². The average Bonchev–Trinajstić information content (AvgIpc) is 3.01. The molecule has 0 saturated carbocycles. The zero-order valence-electron chi connectivity index (χ0n) is 14.6. The third-order valence-electron chi connectivity index (χ3n) is 4.16. The van der Waals surface area contributed by atoms with Gasteiger partial charge in [-0.15, -0.1) is 0 Å². The monoisotopic (exact) mass is 397 g/mol. The number of halogens is 2. The summed E-state index contributed by atoms with van der Waals surface area (Å²) < 4.78 is 7.83. The van der Waals surface area contributed by atoms with Crippen LogP contribution in [0.5, 0.6) is 0 Å². The summed E-state index contributed by atoms with van der Waals surface area (Å²) in [5.74, 6) is 0. The predicted molar refractivity (Wildman–Crippen MR) is 92.0 cm³/mol. The summed E-state index contributed by atoms with van der Waals surface area (Å²) in [7, 11) is 1.90. The molecule has 0 atom stereocenters. The van der Waals surface area contributed by atoms with E-state index in [9.17, 15) is 0 Å². The Kier molecular flexibility index (Phi) is 7.78. The topological polar surface area (TPSA) is 9.23 Å². The van der Waals surface area contributed by atoms with Crippen molar-refractivity contribution in [1.29, 1.82) is 0 Å². The van der Waals surface area contributed by atoms with Crippen LogP contribution >= 0.6 is 0 Å². The number of hydrogen-bond acceptors (Lipinski definition) is 1. The van der Waals surface area contributed by atoms with E-state index in [1.165, 1.54) is 25.8 Å². The van der Waals surface area contributed by atoms with Crippen LogP contribution in [0.4, 0.5) is 0 Å². The maximum absolute atomic E-state index is 6.13. The molecule has 0 saturated heterocycles. The Balaban J connectivity index is 0.00000144. The van der Waals surface area contributed by atoms with Gasteiger partial charge in [-0.2, -0.15) is 0 Å². The molecule has 4 heteroatoms. The minimum atomic E-state index is -1.90. The Morgan fingerprint density at radius 2 is 1.71 bits per heavy atom. The number of allylic oxidation sites excluding steroid dienone is 4. The first kappa shape index (κ1) is 21.5. The molecule has 127 valence electrons. The number of benzene rings is 2. The maximum Gasteiger partial charge on any atom is -1.00 e. The zero-order chi connectivity index (χ0) is 15.7. The van der Waals surface area contributed by atoms with Gasteiger partial charge in [0, 0.05) is 0 Å². The molecule has 0 amide bonds. The molecular weight excluding hydrogens is 375 g/mol. The van der Waals surface area contributed by atoms with Gasteiger partial charge in [-0.25, -0.2) is 0 Å². The fourth-order valence-electron chi connectivity index (χ4n) is 3.21. The molecule has 0 heterocycles. The van der Waals surface area contributed by atoms with Gasteiger partial charge < -0.3 is 24.8 Å². The van der Waals surface area contributed by atoms with Crippen molar-refractivity contribution in [2.75, 3.05) is 7.11 Å². The smallest absolute Gasteiger partial charge is 1.00 e. The second kappa shape index (κ2) is 8.69. The van der Waals surface area contributed by atoms with Crippen molar-refractivity contribution in [3.63, 3.8) is 0 Å². The van der Waals surface area contributed by atoms with E-state index in [0.29, 0.717) is 0 Å². The number of hydrogen-bond donors (Lipinski definition) is 0. The molecule has 0 radical (unpaired) electrons. The van der Waals surface area contributed by atoms with E-state index in [0.717, 1.165) is 6.42 Å². The van der Waals surface area contributed by atoms with E-state index in [4.69, 9.17) is 3.32 Å². The Morgan fingerprint density at radius 1 is 1.00 bits per heavy atom.